The maximum absolute atomic E-state index is 11.4. The van der Waals surface area contributed by atoms with Crippen LogP contribution in [0, 0.1) is 0 Å². The number of fused-ring (bicyclic) bond motifs is 1. The fraction of sp³-hybridized carbons (Fsp3) is 0.417. The zero-order valence-corrected chi connectivity index (χ0v) is 12.1. The van der Waals surface area contributed by atoms with E-state index >= 15 is 0 Å². The molecule has 1 heterocycles. The number of esters is 1. The molecular formula is C12H15NO6S. The minimum Gasteiger partial charge on any atom is -0.496 e. The van der Waals surface area contributed by atoms with Gasteiger partial charge in [-0.1, -0.05) is 0 Å². The first-order chi connectivity index (χ1) is 9.30. The van der Waals surface area contributed by atoms with Gasteiger partial charge in [-0.3, -0.25) is 4.79 Å². The van der Waals surface area contributed by atoms with E-state index in [0.717, 1.165) is 6.26 Å². The number of ether oxygens (including phenoxy) is 3. The van der Waals surface area contributed by atoms with Gasteiger partial charge in [0.15, 0.2) is 0 Å². The Morgan fingerprint density at radius 1 is 1.45 bits per heavy atom. The van der Waals surface area contributed by atoms with Gasteiger partial charge >= 0.3 is 5.97 Å². The fourth-order valence-corrected chi connectivity index (χ4v) is 2.71. The summed E-state index contributed by atoms with van der Waals surface area (Å²) in [5.41, 5.74) is 0.492. The molecule has 8 heteroatoms. The molecule has 110 valence electrons. The Morgan fingerprint density at radius 3 is 2.70 bits per heavy atom. The molecule has 0 spiro atoms. The first-order valence-corrected chi connectivity index (χ1v) is 7.69. The van der Waals surface area contributed by atoms with Crippen molar-refractivity contribution in [2.24, 2.45) is 0 Å². The third-order valence-electron chi connectivity index (χ3n) is 2.68. The number of hydrogen-bond donors (Lipinski definition) is 1. The van der Waals surface area contributed by atoms with Crippen LogP contribution in [0.5, 0.6) is 17.2 Å². The largest absolute Gasteiger partial charge is 0.496 e. The van der Waals surface area contributed by atoms with E-state index in [4.69, 9.17) is 14.2 Å². The van der Waals surface area contributed by atoms with E-state index < -0.39 is 22.0 Å². The highest BCUT2D eigenvalue weighted by molar-refractivity contribution is 7.88. The maximum Gasteiger partial charge on any atom is 0.308 e. The van der Waals surface area contributed by atoms with Gasteiger partial charge in [-0.2, -0.15) is 0 Å². The van der Waals surface area contributed by atoms with Gasteiger partial charge < -0.3 is 14.2 Å². The zero-order valence-electron chi connectivity index (χ0n) is 11.3. The van der Waals surface area contributed by atoms with Crippen LogP contribution in [-0.2, 0) is 14.8 Å². The lowest BCUT2D eigenvalue weighted by molar-refractivity contribution is -0.131. The smallest absolute Gasteiger partial charge is 0.308 e. The predicted molar refractivity (Wildman–Crippen MR) is 70.5 cm³/mol. The Labute approximate surface area is 116 Å². The highest BCUT2D eigenvalue weighted by Crippen LogP contribution is 2.42. The van der Waals surface area contributed by atoms with Gasteiger partial charge in [0.25, 0.3) is 0 Å². The number of carbonyl (C=O) groups is 1. The van der Waals surface area contributed by atoms with E-state index in [2.05, 4.69) is 4.72 Å². The zero-order chi connectivity index (χ0) is 14.9. The van der Waals surface area contributed by atoms with Gasteiger partial charge in [0.2, 0.25) is 10.0 Å². The van der Waals surface area contributed by atoms with E-state index in [1.54, 1.807) is 6.07 Å². The molecule has 0 aliphatic carbocycles. The van der Waals surface area contributed by atoms with Crippen molar-refractivity contribution in [1.29, 1.82) is 0 Å². The van der Waals surface area contributed by atoms with Gasteiger partial charge in [-0.25, -0.2) is 13.1 Å². The van der Waals surface area contributed by atoms with Crippen LogP contribution in [0.4, 0.5) is 0 Å². The Kier molecular flexibility index (Phi) is 3.87. The Balaban J connectivity index is 2.46. The summed E-state index contributed by atoms with van der Waals surface area (Å²) in [4.78, 5) is 11.2. The second kappa shape index (κ2) is 5.29. The molecule has 1 atom stereocenters. The van der Waals surface area contributed by atoms with E-state index in [1.807, 2.05) is 0 Å². The molecule has 1 aromatic rings. The van der Waals surface area contributed by atoms with E-state index in [-0.39, 0.29) is 12.4 Å². The monoisotopic (exact) mass is 301 g/mol. The molecule has 20 heavy (non-hydrogen) atoms. The SMILES string of the molecule is COc1cc2c(c(OC(C)=O)c1)C(NS(C)(=O)=O)CO2. The summed E-state index contributed by atoms with van der Waals surface area (Å²) in [5, 5.41) is 0. The van der Waals surface area contributed by atoms with Gasteiger partial charge in [-0.05, 0) is 0 Å². The molecule has 1 unspecified atom stereocenters. The third-order valence-corrected chi connectivity index (χ3v) is 3.39. The Hall–Kier alpha value is -1.80. The number of methoxy groups -OCH3 is 1. The number of benzene rings is 1. The predicted octanol–water partition coefficient (Wildman–Crippen LogP) is 0.603. The summed E-state index contributed by atoms with van der Waals surface area (Å²) in [6.45, 7) is 1.39. The van der Waals surface area contributed by atoms with Crippen molar-refractivity contribution >= 4 is 16.0 Å². The van der Waals surface area contributed by atoms with Crippen molar-refractivity contribution < 1.29 is 27.4 Å². The van der Waals surface area contributed by atoms with Crippen molar-refractivity contribution in [3.05, 3.63) is 17.7 Å². The first kappa shape index (κ1) is 14.6. The summed E-state index contributed by atoms with van der Waals surface area (Å²) in [6, 6.07) is 2.54. The van der Waals surface area contributed by atoms with Crippen molar-refractivity contribution in [3.63, 3.8) is 0 Å². The fourth-order valence-electron chi connectivity index (χ4n) is 2.00. The number of nitrogens with one attached hydrogen (secondary N) is 1. The summed E-state index contributed by atoms with van der Waals surface area (Å²) in [7, 11) is -1.94. The summed E-state index contributed by atoms with van der Waals surface area (Å²) in [6.07, 6.45) is 1.06. The lowest BCUT2D eigenvalue weighted by Gasteiger charge is -2.14. The normalized spacial score (nSPS) is 17.2. The molecule has 0 saturated carbocycles. The first-order valence-electron chi connectivity index (χ1n) is 5.80. The molecule has 1 aliphatic heterocycles. The molecule has 1 N–H and O–H groups in total. The lowest BCUT2D eigenvalue weighted by Crippen LogP contribution is -2.28. The van der Waals surface area contributed by atoms with Crippen LogP contribution < -0.4 is 18.9 Å². The molecule has 0 bridgehead atoms. The molecule has 1 aliphatic rings. The summed E-state index contributed by atoms with van der Waals surface area (Å²) in [5.74, 6) is 0.609. The summed E-state index contributed by atoms with van der Waals surface area (Å²) >= 11 is 0. The van der Waals surface area contributed by atoms with Crippen LogP contribution in [0.3, 0.4) is 0 Å². The van der Waals surface area contributed by atoms with Crippen LogP contribution in [0.25, 0.3) is 0 Å². The van der Waals surface area contributed by atoms with Crippen LogP contribution in [0.1, 0.15) is 18.5 Å². The van der Waals surface area contributed by atoms with Crippen LogP contribution in [0.15, 0.2) is 12.1 Å². The topological polar surface area (TPSA) is 90.9 Å². The van der Waals surface area contributed by atoms with Gasteiger partial charge in [0.05, 0.1) is 25.0 Å². The molecule has 2 rings (SSSR count). The van der Waals surface area contributed by atoms with Gasteiger partial charge in [0.1, 0.15) is 23.9 Å². The van der Waals surface area contributed by atoms with Crippen LogP contribution in [-0.4, -0.2) is 34.4 Å². The molecule has 0 fully saturated rings. The molecule has 0 amide bonds. The van der Waals surface area contributed by atoms with E-state index in [9.17, 15) is 13.2 Å². The number of rotatable bonds is 4. The second-order valence-electron chi connectivity index (χ2n) is 4.38. The second-order valence-corrected chi connectivity index (χ2v) is 6.16. The highest BCUT2D eigenvalue weighted by Gasteiger charge is 2.31. The van der Waals surface area contributed by atoms with Gasteiger partial charge in [0, 0.05) is 19.1 Å². The average molecular weight is 301 g/mol. The third kappa shape index (κ3) is 3.20. The molecule has 0 saturated heterocycles. The average Bonchev–Trinajstić information content (AvgIpc) is 2.69. The Bertz CT molecular complexity index is 640. The number of carbonyl (C=O) groups excluding carboxylic acids is 1. The van der Waals surface area contributed by atoms with Crippen molar-refractivity contribution in [2.45, 2.75) is 13.0 Å². The standard InChI is InChI=1S/C12H15NO6S/c1-7(14)19-11-5-8(17-2)4-10-12(11)9(6-18-10)13-20(3,15)16/h4-5,9,13H,6H2,1-3H3. The maximum atomic E-state index is 11.4. The molecular weight excluding hydrogens is 286 g/mol. The number of hydrogen-bond acceptors (Lipinski definition) is 6. The number of sulfonamides is 1. The molecule has 0 radical (unpaired) electrons. The molecule has 1 aromatic carbocycles. The highest BCUT2D eigenvalue weighted by atomic mass is 32.2. The minimum absolute atomic E-state index is 0.129. The minimum atomic E-state index is -3.41. The molecule has 7 nitrogen and oxygen atoms in total. The summed E-state index contributed by atoms with van der Waals surface area (Å²) < 4.78 is 40.8. The van der Waals surface area contributed by atoms with E-state index in [0.29, 0.717) is 17.1 Å². The van der Waals surface area contributed by atoms with Crippen molar-refractivity contribution in [3.8, 4) is 17.2 Å². The molecule has 0 aromatic heterocycles. The Morgan fingerprint density at radius 2 is 2.15 bits per heavy atom. The van der Waals surface area contributed by atoms with Crippen LogP contribution >= 0.6 is 0 Å². The lowest BCUT2D eigenvalue weighted by atomic mass is 10.1. The van der Waals surface area contributed by atoms with Crippen LogP contribution in [0.2, 0.25) is 0 Å². The van der Waals surface area contributed by atoms with Crippen molar-refractivity contribution in [1.82, 2.24) is 4.72 Å². The van der Waals surface area contributed by atoms with Crippen molar-refractivity contribution in [2.75, 3.05) is 20.0 Å². The quantitative estimate of drug-likeness (QED) is 0.647. The van der Waals surface area contributed by atoms with Gasteiger partial charge in [-0.15, -0.1) is 0 Å². The van der Waals surface area contributed by atoms with E-state index in [1.165, 1.54) is 20.1 Å².